The number of ether oxygens (including phenoxy) is 2. The van der Waals surface area contributed by atoms with Crippen LogP contribution in [0.15, 0.2) is 94.3 Å². The number of rotatable bonds is 10. The Morgan fingerprint density at radius 2 is 1.66 bits per heavy atom. The zero-order valence-corrected chi connectivity index (χ0v) is 26.6. The zero-order valence-electron chi connectivity index (χ0n) is 24.2. The first-order valence-corrected chi connectivity index (χ1v) is 17.4. The SMILES string of the molecule is Cc1nnc(SC[C@H]2OC(c3ccc(CNS(=O)(=O)c4cccc5cccnc45)cc3)O[C@@H](c3ccc(CO)cc3)[C@H]2C)s1. The zero-order chi connectivity index (χ0) is 30.7. The topological polar surface area (TPSA) is 124 Å². The minimum Gasteiger partial charge on any atom is -0.392 e. The van der Waals surface area contributed by atoms with Crippen LogP contribution in [0.4, 0.5) is 0 Å². The van der Waals surface area contributed by atoms with Crippen LogP contribution in [-0.2, 0) is 32.6 Å². The Morgan fingerprint density at radius 1 is 0.932 bits per heavy atom. The number of hydrogen-bond donors (Lipinski definition) is 2. The van der Waals surface area contributed by atoms with Gasteiger partial charge in [-0.25, -0.2) is 13.1 Å². The van der Waals surface area contributed by atoms with Gasteiger partial charge in [0.25, 0.3) is 0 Å². The average Bonchev–Trinajstić information content (AvgIpc) is 3.48. The van der Waals surface area contributed by atoms with E-state index in [0.717, 1.165) is 37.0 Å². The van der Waals surface area contributed by atoms with E-state index in [-0.39, 0.29) is 36.2 Å². The van der Waals surface area contributed by atoms with Gasteiger partial charge in [-0.1, -0.05) is 96.8 Å². The Bertz CT molecular complexity index is 1830. The molecule has 1 aliphatic heterocycles. The van der Waals surface area contributed by atoms with E-state index >= 15 is 0 Å². The second-order valence-electron chi connectivity index (χ2n) is 10.6. The van der Waals surface area contributed by atoms with Gasteiger partial charge in [0.15, 0.2) is 10.6 Å². The highest BCUT2D eigenvalue weighted by atomic mass is 32.2. The minimum absolute atomic E-state index is 0.0189. The summed E-state index contributed by atoms with van der Waals surface area (Å²) in [6.45, 7) is 4.16. The molecule has 228 valence electrons. The summed E-state index contributed by atoms with van der Waals surface area (Å²) in [7, 11) is -3.79. The molecule has 1 unspecified atom stereocenters. The predicted octanol–water partition coefficient (Wildman–Crippen LogP) is 5.95. The third kappa shape index (κ3) is 6.86. The molecule has 3 heterocycles. The number of nitrogens with one attached hydrogen (secondary N) is 1. The van der Waals surface area contributed by atoms with Gasteiger partial charge >= 0.3 is 0 Å². The second-order valence-corrected chi connectivity index (χ2v) is 14.8. The first-order chi connectivity index (χ1) is 21.3. The van der Waals surface area contributed by atoms with Gasteiger partial charge in [-0.3, -0.25) is 4.98 Å². The number of para-hydroxylation sites is 1. The molecule has 0 amide bonds. The number of aromatic nitrogens is 3. The molecule has 0 aliphatic carbocycles. The minimum atomic E-state index is -3.79. The van der Waals surface area contributed by atoms with Crippen molar-refractivity contribution >= 4 is 44.0 Å². The van der Waals surface area contributed by atoms with E-state index in [1.807, 2.05) is 67.6 Å². The van der Waals surface area contributed by atoms with Gasteiger partial charge < -0.3 is 14.6 Å². The molecule has 3 aromatic carbocycles. The number of benzene rings is 3. The van der Waals surface area contributed by atoms with Crippen LogP contribution < -0.4 is 4.72 Å². The lowest BCUT2D eigenvalue weighted by atomic mass is 9.91. The lowest BCUT2D eigenvalue weighted by Crippen LogP contribution is -2.38. The maximum absolute atomic E-state index is 13.2. The van der Waals surface area contributed by atoms with Gasteiger partial charge in [0, 0.05) is 35.4 Å². The monoisotopic (exact) mass is 648 g/mol. The molecule has 0 bridgehead atoms. The highest BCUT2D eigenvalue weighted by Crippen LogP contribution is 2.43. The van der Waals surface area contributed by atoms with Gasteiger partial charge in [-0.15, -0.1) is 10.2 Å². The van der Waals surface area contributed by atoms with Crippen molar-refractivity contribution in [1.82, 2.24) is 19.9 Å². The number of sulfonamides is 1. The summed E-state index contributed by atoms with van der Waals surface area (Å²) in [6, 6.07) is 24.1. The van der Waals surface area contributed by atoms with Crippen molar-refractivity contribution in [2.24, 2.45) is 5.92 Å². The third-order valence-electron chi connectivity index (χ3n) is 7.61. The molecule has 0 radical (unpaired) electrons. The molecule has 9 nitrogen and oxygen atoms in total. The van der Waals surface area contributed by atoms with Crippen LogP contribution in [-0.4, -0.2) is 40.6 Å². The molecule has 1 fully saturated rings. The van der Waals surface area contributed by atoms with Crippen molar-refractivity contribution in [2.75, 3.05) is 5.75 Å². The fraction of sp³-hybridized carbons (Fsp3) is 0.281. The van der Waals surface area contributed by atoms with Crippen LogP contribution >= 0.6 is 23.1 Å². The summed E-state index contributed by atoms with van der Waals surface area (Å²) in [5, 5.41) is 19.6. The van der Waals surface area contributed by atoms with E-state index in [9.17, 15) is 13.5 Å². The molecular weight excluding hydrogens is 617 g/mol. The lowest BCUT2D eigenvalue weighted by Gasteiger charge is -2.41. The number of aryl methyl sites for hydroxylation is 1. The summed E-state index contributed by atoms with van der Waals surface area (Å²) in [5.41, 5.74) is 3.92. The summed E-state index contributed by atoms with van der Waals surface area (Å²) in [4.78, 5) is 4.43. The Morgan fingerprint density at radius 3 is 2.39 bits per heavy atom. The molecule has 1 aliphatic rings. The van der Waals surface area contributed by atoms with E-state index in [0.29, 0.717) is 11.3 Å². The summed E-state index contributed by atoms with van der Waals surface area (Å²) >= 11 is 3.18. The van der Waals surface area contributed by atoms with E-state index in [4.69, 9.17) is 9.47 Å². The van der Waals surface area contributed by atoms with Crippen LogP contribution in [0.25, 0.3) is 10.9 Å². The van der Waals surface area contributed by atoms with E-state index in [2.05, 4.69) is 26.8 Å². The third-order valence-corrected chi connectivity index (χ3v) is 11.1. The van der Waals surface area contributed by atoms with Gasteiger partial charge in [0.05, 0.1) is 24.3 Å². The summed E-state index contributed by atoms with van der Waals surface area (Å²) in [5.74, 6) is 0.731. The van der Waals surface area contributed by atoms with Crippen LogP contribution in [0.3, 0.4) is 0 Å². The van der Waals surface area contributed by atoms with Crippen molar-refractivity contribution in [3.05, 3.63) is 112 Å². The number of thioether (sulfide) groups is 1. The fourth-order valence-corrected chi connectivity index (χ4v) is 8.34. The molecule has 2 aromatic heterocycles. The van der Waals surface area contributed by atoms with Crippen molar-refractivity contribution in [3.63, 3.8) is 0 Å². The second kappa shape index (κ2) is 13.4. The number of aliphatic hydroxyl groups is 1. The van der Waals surface area contributed by atoms with Gasteiger partial charge in [-0.2, -0.15) is 0 Å². The Balaban J connectivity index is 1.18. The number of hydrogen-bond acceptors (Lipinski definition) is 10. The summed E-state index contributed by atoms with van der Waals surface area (Å²) in [6.07, 6.45) is 0.601. The van der Waals surface area contributed by atoms with Gasteiger partial charge in [-0.05, 0) is 35.7 Å². The van der Waals surface area contributed by atoms with Crippen molar-refractivity contribution < 1.29 is 23.0 Å². The van der Waals surface area contributed by atoms with Gasteiger partial charge in [0.1, 0.15) is 9.90 Å². The van der Waals surface area contributed by atoms with Crippen LogP contribution in [0.2, 0.25) is 0 Å². The molecule has 5 aromatic rings. The maximum atomic E-state index is 13.2. The van der Waals surface area contributed by atoms with Crippen LogP contribution in [0.1, 0.15) is 46.6 Å². The number of fused-ring (bicyclic) bond motifs is 1. The predicted molar refractivity (Wildman–Crippen MR) is 171 cm³/mol. The van der Waals surface area contributed by atoms with Crippen LogP contribution in [0, 0.1) is 12.8 Å². The highest BCUT2D eigenvalue weighted by Gasteiger charge is 2.38. The highest BCUT2D eigenvalue weighted by molar-refractivity contribution is 8.01. The van der Waals surface area contributed by atoms with Crippen LogP contribution in [0.5, 0.6) is 0 Å². The molecule has 6 rings (SSSR count). The number of pyridine rings is 1. The average molecular weight is 649 g/mol. The molecular formula is C32H32N4O5S3. The molecule has 44 heavy (non-hydrogen) atoms. The smallest absolute Gasteiger partial charge is 0.243 e. The van der Waals surface area contributed by atoms with E-state index in [1.165, 1.54) is 0 Å². The Hall–Kier alpha value is -3.23. The largest absolute Gasteiger partial charge is 0.392 e. The first-order valence-electron chi connectivity index (χ1n) is 14.2. The molecule has 0 spiro atoms. The molecule has 4 atom stereocenters. The number of aliphatic hydroxyl groups excluding tert-OH is 1. The molecule has 0 saturated carbocycles. The first kappa shape index (κ1) is 30.8. The van der Waals surface area contributed by atoms with Gasteiger partial charge in [0.2, 0.25) is 10.0 Å². The van der Waals surface area contributed by atoms with E-state index in [1.54, 1.807) is 47.5 Å². The van der Waals surface area contributed by atoms with E-state index < -0.39 is 16.3 Å². The maximum Gasteiger partial charge on any atom is 0.243 e. The molecule has 1 saturated heterocycles. The Labute approximate surface area is 264 Å². The van der Waals surface area contributed by atoms with Crippen molar-refractivity contribution in [1.29, 1.82) is 0 Å². The quantitative estimate of drug-likeness (QED) is 0.177. The molecule has 2 N–H and O–H groups in total. The molecule has 12 heteroatoms. The Kier molecular flexibility index (Phi) is 9.38. The normalized spacial score (nSPS) is 20.6. The summed E-state index contributed by atoms with van der Waals surface area (Å²) < 4.78 is 43.0. The number of nitrogens with zero attached hydrogens (tertiary/aromatic N) is 3. The lowest BCUT2D eigenvalue weighted by molar-refractivity contribution is -0.268. The van der Waals surface area contributed by atoms with Crippen molar-refractivity contribution in [2.45, 2.75) is 54.7 Å². The standard InChI is InChI=1S/C32H32N4O5S3/c1-20-27(19-42-32-36-35-21(2)43-32)40-31(41-30(20)25-12-10-23(18-37)11-13-25)26-14-8-22(9-15-26)17-34-44(38,39)28-7-3-5-24-6-4-16-33-29(24)28/h3-16,20,27,30-31,34,37H,17-19H2,1-2H3/t20-,27+,30+,31?/m0/s1. The van der Waals surface area contributed by atoms with Crippen molar-refractivity contribution in [3.8, 4) is 0 Å². The fourth-order valence-electron chi connectivity index (χ4n) is 5.14.